The topological polar surface area (TPSA) is 116 Å². The molecular formula is C26H28N4O5. The predicted octanol–water partition coefficient (Wildman–Crippen LogP) is 5.06. The molecule has 2 aromatic carbocycles. The molecule has 0 aliphatic carbocycles. The van der Waals surface area contributed by atoms with E-state index in [1.807, 2.05) is 57.2 Å². The maximum atomic E-state index is 13.1. The van der Waals surface area contributed by atoms with Crippen LogP contribution in [0, 0.1) is 16.0 Å². The molecule has 0 saturated heterocycles. The average molecular weight is 477 g/mol. The zero-order valence-corrected chi connectivity index (χ0v) is 19.9. The van der Waals surface area contributed by atoms with Crippen molar-refractivity contribution >= 4 is 17.3 Å². The van der Waals surface area contributed by atoms with Gasteiger partial charge >= 0.3 is 0 Å². The SMILES string of the molecule is CC(Nc1ccc(C(=O)NC(c2ccc3c(c2)OCCO3)C(C)C)cc1[N+](=O)[O-])c1ccccn1. The number of ether oxygens (including phenoxy) is 2. The number of aromatic nitrogens is 1. The third kappa shape index (κ3) is 5.51. The Labute approximate surface area is 203 Å². The fourth-order valence-electron chi connectivity index (χ4n) is 4.00. The number of amides is 1. The van der Waals surface area contributed by atoms with Gasteiger partial charge in [0.1, 0.15) is 18.9 Å². The third-order valence-electron chi connectivity index (χ3n) is 5.84. The van der Waals surface area contributed by atoms with Crippen LogP contribution in [0.3, 0.4) is 0 Å². The summed E-state index contributed by atoms with van der Waals surface area (Å²) in [4.78, 5) is 28.7. The first-order valence-corrected chi connectivity index (χ1v) is 11.5. The van der Waals surface area contributed by atoms with Gasteiger partial charge in [-0.2, -0.15) is 0 Å². The van der Waals surface area contributed by atoms with Gasteiger partial charge in [-0.15, -0.1) is 0 Å². The van der Waals surface area contributed by atoms with Crippen molar-refractivity contribution < 1.29 is 19.2 Å². The highest BCUT2D eigenvalue weighted by Crippen LogP contribution is 2.35. The maximum Gasteiger partial charge on any atom is 0.293 e. The van der Waals surface area contributed by atoms with E-state index in [-0.39, 0.29) is 29.3 Å². The highest BCUT2D eigenvalue weighted by Gasteiger charge is 2.24. The van der Waals surface area contributed by atoms with Gasteiger partial charge in [0.05, 0.1) is 22.7 Å². The minimum Gasteiger partial charge on any atom is -0.486 e. The molecule has 2 atom stereocenters. The lowest BCUT2D eigenvalue weighted by Crippen LogP contribution is -2.32. The number of anilines is 1. The van der Waals surface area contributed by atoms with Crippen LogP contribution in [0.25, 0.3) is 0 Å². The number of carbonyl (C=O) groups excluding carboxylic acids is 1. The summed E-state index contributed by atoms with van der Waals surface area (Å²) < 4.78 is 11.3. The summed E-state index contributed by atoms with van der Waals surface area (Å²) >= 11 is 0. The first kappa shape index (κ1) is 24.0. The van der Waals surface area contributed by atoms with E-state index >= 15 is 0 Å². The molecule has 1 aromatic heterocycles. The van der Waals surface area contributed by atoms with Crippen LogP contribution >= 0.6 is 0 Å². The van der Waals surface area contributed by atoms with E-state index in [2.05, 4.69) is 15.6 Å². The van der Waals surface area contributed by atoms with Crippen LogP contribution in [0.15, 0.2) is 60.8 Å². The van der Waals surface area contributed by atoms with Gasteiger partial charge in [0.25, 0.3) is 11.6 Å². The summed E-state index contributed by atoms with van der Waals surface area (Å²) in [5, 5.41) is 17.9. The van der Waals surface area contributed by atoms with Crippen LogP contribution in [0.5, 0.6) is 11.5 Å². The molecule has 1 amide bonds. The van der Waals surface area contributed by atoms with Gasteiger partial charge in [-0.25, -0.2) is 0 Å². The number of nitrogens with zero attached hydrogens (tertiary/aromatic N) is 2. The fourth-order valence-corrected chi connectivity index (χ4v) is 4.00. The molecule has 0 fully saturated rings. The number of rotatable bonds is 8. The van der Waals surface area contributed by atoms with E-state index in [0.717, 1.165) is 11.3 Å². The monoisotopic (exact) mass is 476 g/mol. The molecule has 2 unspecified atom stereocenters. The minimum absolute atomic E-state index is 0.0663. The summed E-state index contributed by atoms with van der Waals surface area (Å²) in [6.45, 7) is 6.83. The number of pyridine rings is 1. The molecular weight excluding hydrogens is 448 g/mol. The smallest absolute Gasteiger partial charge is 0.293 e. The lowest BCUT2D eigenvalue weighted by Gasteiger charge is -2.25. The second kappa shape index (κ2) is 10.4. The maximum absolute atomic E-state index is 13.1. The Morgan fingerprint density at radius 3 is 2.49 bits per heavy atom. The largest absolute Gasteiger partial charge is 0.486 e. The van der Waals surface area contributed by atoms with Crippen LogP contribution in [-0.4, -0.2) is 29.0 Å². The highest BCUT2D eigenvalue weighted by molar-refractivity contribution is 5.96. The summed E-state index contributed by atoms with van der Waals surface area (Å²) in [5.41, 5.74) is 1.96. The van der Waals surface area contributed by atoms with E-state index in [1.54, 1.807) is 18.3 Å². The Morgan fingerprint density at radius 1 is 1.03 bits per heavy atom. The van der Waals surface area contributed by atoms with Crippen LogP contribution in [0.4, 0.5) is 11.4 Å². The number of hydrogen-bond acceptors (Lipinski definition) is 7. The fraction of sp³-hybridized carbons (Fsp3) is 0.308. The van der Waals surface area contributed by atoms with Gasteiger partial charge in [-0.1, -0.05) is 26.0 Å². The van der Waals surface area contributed by atoms with Crippen molar-refractivity contribution in [3.8, 4) is 11.5 Å². The van der Waals surface area contributed by atoms with E-state index in [9.17, 15) is 14.9 Å². The molecule has 0 bridgehead atoms. The molecule has 0 spiro atoms. The Balaban J connectivity index is 1.55. The molecule has 182 valence electrons. The third-order valence-corrected chi connectivity index (χ3v) is 5.84. The number of fused-ring (bicyclic) bond motifs is 1. The van der Waals surface area contributed by atoms with Gasteiger partial charge in [0.2, 0.25) is 0 Å². The molecule has 3 aromatic rings. The molecule has 1 aliphatic rings. The molecule has 35 heavy (non-hydrogen) atoms. The lowest BCUT2D eigenvalue weighted by molar-refractivity contribution is -0.384. The number of hydrogen-bond donors (Lipinski definition) is 2. The summed E-state index contributed by atoms with van der Waals surface area (Å²) in [6, 6.07) is 15.0. The van der Waals surface area contributed by atoms with Crippen LogP contribution in [-0.2, 0) is 0 Å². The van der Waals surface area contributed by atoms with Crippen molar-refractivity contribution in [3.05, 3.63) is 87.7 Å². The quantitative estimate of drug-likeness (QED) is 0.345. The number of benzene rings is 2. The molecule has 9 nitrogen and oxygen atoms in total. The molecule has 0 saturated carbocycles. The van der Waals surface area contributed by atoms with E-state index in [1.165, 1.54) is 6.07 Å². The van der Waals surface area contributed by atoms with Crippen LogP contribution in [0.1, 0.15) is 54.5 Å². The molecule has 4 rings (SSSR count). The van der Waals surface area contributed by atoms with E-state index < -0.39 is 10.8 Å². The van der Waals surface area contributed by atoms with Crippen molar-refractivity contribution in [2.75, 3.05) is 18.5 Å². The highest BCUT2D eigenvalue weighted by atomic mass is 16.6. The zero-order valence-electron chi connectivity index (χ0n) is 19.9. The second-order valence-corrected chi connectivity index (χ2v) is 8.71. The van der Waals surface area contributed by atoms with Gasteiger partial charge < -0.3 is 20.1 Å². The second-order valence-electron chi connectivity index (χ2n) is 8.71. The normalized spacial score (nSPS) is 14.2. The number of nitrogens with one attached hydrogen (secondary N) is 2. The predicted molar refractivity (Wildman–Crippen MR) is 132 cm³/mol. The van der Waals surface area contributed by atoms with Gasteiger partial charge in [0, 0.05) is 17.8 Å². The number of carbonyl (C=O) groups is 1. The lowest BCUT2D eigenvalue weighted by atomic mass is 9.95. The Bertz CT molecular complexity index is 1220. The van der Waals surface area contributed by atoms with Crippen LogP contribution in [0.2, 0.25) is 0 Å². The van der Waals surface area contributed by atoms with Crippen molar-refractivity contribution in [2.45, 2.75) is 32.9 Å². The van der Waals surface area contributed by atoms with Gasteiger partial charge in [-0.05, 0) is 54.8 Å². The summed E-state index contributed by atoms with van der Waals surface area (Å²) in [5.74, 6) is 0.983. The number of nitro groups is 1. The van der Waals surface area contributed by atoms with Crippen molar-refractivity contribution in [1.29, 1.82) is 0 Å². The Kier molecular flexibility index (Phi) is 7.14. The molecule has 1 aliphatic heterocycles. The molecule has 2 heterocycles. The van der Waals surface area contributed by atoms with Crippen LogP contribution < -0.4 is 20.1 Å². The summed E-state index contributed by atoms with van der Waals surface area (Å²) in [6.07, 6.45) is 1.67. The molecule has 9 heteroatoms. The Morgan fingerprint density at radius 2 is 1.80 bits per heavy atom. The molecule has 2 N–H and O–H groups in total. The number of nitro benzene ring substituents is 1. The van der Waals surface area contributed by atoms with Crippen molar-refractivity contribution in [1.82, 2.24) is 10.3 Å². The van der Waals surface area contributed by atoms with Gasteiger partial charge in [-0.3, -0.25) is 19.9 Å². The minimum atomic E-state index is -0.495. The summed E-state index contributed by atoms with van der Waals surface area (Å²) in [7, 11) is 0. The average Bonchev–Trinajstić information content (AvgIpc) is 2.87. The zero-order chi connectivity index (χ0) is 24.9. The van der Waals surface area contributed by atoms with E-state index in [4.69, 9.17) is 9.47 Å². The van der Waals surface area contributed by atoms with Crippen molar-refractivity contribution in [2.24, 2.45) is 5.92 Å². The van der Waals surface area contributed by atoms with Gasteiger partial charge in [0.15, 0.2) is 11.5 Å². The van der Waals surface area contributed by atoms with E-state index in [0.29, 0.717) is 30.4 Å². The first-order valence-electron chi connectivity index (χ1n) is 11.5. The Hall–Kier alpha value is -4.14. The standard InChI is InChI=1S/C26H28N4O5/c1-16(2)25(18-8-10-23-24(15-18)35-13-12-34-23)29-26(31)19-7-9-21(22(14-19)30(32)33)28-17(3)20-6-4-5-11-27-20/h4-11,14-17,25,28H,12-13H2,1-3H3,(H,29,31). The first-order chi connectivity index (χ1) is 16.8. The molecule has 0 radical (unpaired) electrons. The van der Waals surface area contributed by atoms with Crippen molar-refractivity contribution in [3.63, 3.8) is 0 Å².